The van der Waals surface area contributed by atoms with E-state index in [2.05, 4.69) is 25.7 Å². The van der Waals surface area contributed by atoms with Crippen LogP contribution in [0.2, 0.25) is 10.0 Å². The molecule has 0 spiro atoms. The van der Waals surface area contributed by atoms with E-state index < -0.39 is 0 Å². The van der Waals surface area contributed by atoms with Gasteiger partial charge in [0.25, 0.3) is 0 Å². The zero-order valence-electron chi connectivity index (χ0n) is 12.9. The zero-order chi connectivity index (χ0) is 17.8. The summed E-state index contributed by atoms with van der Waals surface area (Å²) in [6.07, 6.45) is 0. The van der Waals surface area contributed by atoms with Crippen molar-refractivity contribution in [2.75, 3.05) is 11.1 Å². The molecule has 0 saturated heterocycles. The summed E-state index contributed by atoms with van der Waals surface area (Å²) >= 11 is 14.6. The van der Waals surface area contributed by atoms with Crippen molar-refractivity contribution in [3.63, 3.8) is 0 Å². The Morgan fingerprint density at radius 2 is 2.12 bits per heavy atom. The molecule has 130 valence electrons. The fraction of sp³-hybridized carbons (Fsp3) is 0.214. The van der Waals surface area contributed by atoms with Crippen molar-refractivity contribution in [2.24, 2.45) is 0 Å². The highest BCUT2D eigenvalue weighted by molar-refractivity contribution is 7.99. The summed E-state index contributed by atoms with van der Waals surface area (Å²) in [6.45, 7) is 2.64. The van der Waals surface area contributed by atoms with Gasteiger partial charge in [-0.05, 0) is 25.1 Å². The van der Waals surface area contributed by atoms with Gasteiger partial charge in [-0.2, -0.15) is 0 Å². The van der Waals surface area contributed by atoms with Gasteiger partial charge >= 0.3 is 0 Å². The first-order chi connectivity index (χ1) is 12.1. The number of benzene rings is 1. The van der Waals surface area contributed by atoms with Crippen molar-refractivity contribution >= 4 is 57.3 Å². The first-order valence-corrected chi connectivity index (χ1v) is 9.78. The lowest BCUT2D eigenvalue weighted by molar-refractivity contribution is -0.113. The lowest BCUT2D eigenvalue weighted by Crippen LogP contribution is -2.14. The average molecular weight is 415 g/mol. The third-order valence-corrected chi connectivity index (χ3v) is 5.46. The normalized spacial score (nSPS) is 10.8. The van der Waals surface area contributed by atoms with Crippen molar-refractivity contribution in [3.05, 3.63) is 33.8 Å². The molecule has 0 radical (unpaired) electrons. The quantitative estimate of drug-likeness (QED) is 0.616. The van der Waals surface area contributed by atoms with Crippen molar-refractivity contribution < 1.29 is 4.79 Å². The maximum atomic E-state index is 12.0. The summed E-state index contributed by atoms with van der Waals surface area (Å²) in [5, 5.41) is 20.6. The lowest BCUT2D eigenvalue weighted by Gasteiger charge is -2.08. The maximum Gasteiger partial charge on any atom is 0.236 e. The van der Waals surface area contributed by atoms with Gasteiger partial charge in [0.15, 0.2) is 11.0 Å². The van der Waals surface area contributed by atoms with Gasteiger partial charge in [0, 0.05) is 12.1 Å². The van der Waals surface area contributed by atoms with Crippen LogP contribution in [0.1, 0.15) is 6.92 Å². The Hall–Kier alpha value is -1.68. The average Bonchev–Trinajstić information content (AvgIpc) is 3.24. The van der Waals surface area contributed by atoms with Crippen molar-refractivity contribution in [2.45, 2.75) is 18.6 Å². The van der Waals surface area contributed by atoms with Crippen LogP contribution >= 0.6 is 46.3 Å². The van der Waals surface area contributed by atoms with E-state index in [-0.39, 0.29) is 11.7 Å². The Morgan fingerprint density at radius 3 is 2.80 bits per heavy atom. The second kappa shape index (κ2) is 8.13. The number of thioether (sulfide) groups is 1. The zero-order valence-corrected chi connectivity index (χ0v) is 16.1. The Morgan fingerprint density at radius 1 is 1.28 bits per heavy atom. The molecule has 0 aliphatic heterocycles. The molecule has 0 bridgehead atoms. The van der Waals surface area contributed by atoms with Crippen LogP contribution in [0.25, 0.3) is 11.4 Å². The predicted molar refractivity (Wildman–Crippen MR) is 100 cm³/mol. The minimum atomic E-state index is -0.177. The highest BCUT2D eigenvalue weighted by atomic mass is 35.5. The number of aromatic nitrogens is 5. The Bertz CT molecular complexity index is 884. The summed E-state index contributed by atoms with van der Waals surface area (Å²) in [5.74, 6) is 0.690. The molecule has 25 heavy (non-hydrogen) atoms. The number of rotatable bonds is 6. The third kappa shape index (κ3) is 4.30. The molecule has 0 unspecified atom stereocenters. The number of carbonyl (C=O) groups is 1. The summed E-state index contributed by atoms with van der Waals surface area (Å²) in [6, 6.07) is 5.30. The molecule has 11 heteroatoms. The highest BCUT2D eigenvalue weighted by Crippen LogP contribution is 2.29. The van der Waals surface area contributed by atoms with Gasteiger partial charge in [-0.3, -0.25) is 10.1 Å². The van der Waals surface area contributed by atoms with Crippen LogP contribution in [0.4, 0.5) is 5.13 Å². The van der Waals surface area contributed by atoms with Gasteiger partial charge < -0.3 is 4.57 Å². The number of anilines is 1. The minimum Gasteiger partial charge on any atom is -0.302 e. The van der Waals surface area contributed by atoms with Crippen LogP contribution in [0, 0.1) is 0 Å². The maximum absolute atomic E-state index is 12.0. The number of hydrogen-bond donors (Lipinski definition) is 1. The van der Waals surface area contributed by atoms with Crippen molar-refractivity contribution in [1.82, 2.24) is 25.0 Å². The van der Waals surface area contributed by atoms with E-state index in [9.17, 15) is 4.79 Å². The van der Waals surface area contributed by atoms with Crippen LogP contribution in [-0.4, -0.2) is 36.6 Å². The van der Waals surface area contributed by atoms with Gasteiger partial charge in [-0.15, -0.1) is 20.4 Å². The number of nitrogens with one attached hydrogen (secondary N) is 1. The molecule has 7 nitrogen and oxygen atoms in total. The van der Waals surface area contributed by atoms with Gasteiger partial charge in [-0.1, -0.05) is 46.3 Å². The Kier molecular flexibility index (Phi) is 5.89. The van der Waals surface area contributed by atoms with E-state index in [1.165, 1.54) is 23.1 Å². The smallest absolute Gasteiger partial charge is 0.236 e. The Balaban J connectivity index is 1.73. The Labute approximate surface area is 161 Å². The summed E-state index contributed by atoms with van der Waals surface area (Å²) < 4.78 is 1.92. The topological polar surface area (TPSA) is 85.6 Å². The fourth-order valence-electron chi connectivity index (χ4n) is 2.04. The number of amides is 1. The van der Waals surface area contributed by atoms with E-state index in [1.54, 1.807) is 17.6 Å². The number of carbonyl (C=O) groups excluding carboxylic acids is 1. The van der Waals surface area contributed by atoms with E-state index in [1.807, 2.05) is 17.6 Å². The standard InChI is InChI=1S/C14H12Cl2N6OS2/c1-2-22-12(8-3-4-9(15)10(16)5-8)19-21-14(22)24-6-11(23)18-13-20-17-7-25-13/h3-5,7H,2,6H2,1H3,(H,18,20,23). The monoisotopic (exact) mass is 414 g/mol. The molecule has 3 rings (SSSR count). The largest absolute Gasteiger partial charge is 0.302 e. The molecule has 0 aliphatic carbocycles. The number of halogens is 2. The SMILES string of the molecule is CCn1c(SCC(=O)Nc2nncs2)nnc1-c1ccc(Cl)c(Cl)c1. The molecule has 0 atom stereocenters. The molecular weight excluding hydrogens is 403 g/mol. The highest BCUT2D eigenvalue weighted by Gasteiger charge is 2.16. The van der Waals surface area contributed by atoms with Gasteiger partial charge in [0.1, 0.15) is 5.51 Å². The second-order valence-electron chi connectivity index (χ2n) is 4.76. The summed E-state index contributed by atoms with van der Waals surface area (Å²) in [4.78, 5) is 12.0. The van der Waals surface area contributed by atoms with Crippen LogP contribution in [-0.2, 0) is 11.3 Å². The molecule has 2 aromatic heterocycles. The first kappa shape index (κ1) is 18.1. The molecule has 0 saturated carbocycles. The van der Waals surface area contributed by atoms with Crippen LogP contribution in [0.5, 0.6) is 0 Å². The molecule has 1 aromatic carbocycles. The van der Waals surface area contributed by atoms with Crippen LogP contribution in [0.3, 0.4) is 0 Å². The van der Waals surface area contributed by atoms with E-state index in [0.29, 0.717) is 32.7 Å². The predicted octanol–water partition coefficient (Wildman–Crippen LogP) is 3.85. The van der Waals surface area contributed by atoms with Crippen LogP contribution < -0.4 is 5.32 Å². The second-order valence-corrected chi connectivity index (χ2v) is 7.35. The lowest BCUT2D eigenvalue weighted by atomic mass is 10.2. The molecule has 1 amide bonds. The third-order valence-electron chi connectivity index (χ3n) is 3.15. The van der Waals surface area contributed by atoms with Gasteiger partial charge in [-0.25, -0.2) is 0 Å². The van der Waals surface area contributed by atoms with Gasteiger partial charge in [0.05, 0.1) is 15.8 Å². The van der Waals surface area contributed by atoms with E-state index >= 15 is 0 Å². The summed E-state index contributed by atoms with van der Waals surface area (Å²) in [7, 11) is 0. The number of hydrogen-bond acceptors (Lipinski definition) is 7. The van der Waals surface area contributed by atoms with Crippen molar-refractivity contribution in [3.8, 4) is 11.4 Å². The molecule has 1 N–H and O–H groups in total. The first-order valence-electron chi connectivity index (χ1n) is 7.16. The van der Waals surface area contributed by atoms with Crippen LogP contribution in [0.15, 0.2) is 28.9 Å². The van der Waals surface area contributed by atoms with Crippen molar-refractivity contribution in [1.29, 1.82) is 0 Å². The minimum absolute atomic E-state index is 0.177. The number of nitrogens with zero attached hydrogens (tertiary/aromatic N) is 5. The van der Waals surface area contributed by atoms with Gasteiger partial charge in [0.2, 0.25) is 11.0 Å². The molecule has 0 fully saturated rings. The fourth-order valence-corrected chi connectivity index (χ4v) is 3.60. The molecular formula is C14H12Cl2N6OS2. The molecule has 2 heterocycles. The molecule has 3 aromatic rings. The molecule has 0 aliphatic rings. The summed E-state index contributed by atoms with van der Waals surface area (Å²) in [5.41, 5.74) is 2.37. The van der Waals surface area contributed by atoms with E-state index in [4.69, 9.17) is 23.2 Å². The van der Waals surface area contributed by atoms with E-state index in [0.717, 1.165) is 5.56 Å².